The minimum Gasteiger partial charge on any atom is -0.379 e. The first-order valence-electron chi connectivity index (χ1n) is 6.37. The molecule has 0 atom stereocenters. The van der Waals surface area contributed by atoms with Crippen molar-refractivity contribution in [2.24, 2.45) is 0 Å². The molecule has 1 amide bonds. The van der Waals surface area contributed by atoms with Crippen molar-refractivity contribution in [3.8, 4) is 0 Å². The van der Waals surface area contributed by atoms with Crippen molar-refractivity contribution >= 4 is 16.9 Å². The molecule has 0 aliphatic rings. The Labute approximate surface area is 111 Å². The number of ether oxygens (including phenoxy) is 1. The summed E-state index contributed by atoms with van der Waals surface area (Å²) in [6, 6.07) is 5.24. The van der Waals surface area contributed by atoms with Gasteiger partial charge in [-0.1, -0.05) is 0 Å². The molecule has 6 nitrogen and oxygen atoms in total. The van der Waals surface area contributed by atoms with Crippen LogP contribution in [0.25, 0.3) is 11.0 Å². The van der Waals surface area contributed by atoms with E-state index in [4.69, 9.17) is 4.74 Å². The second-order valence-electron chi connectivity index (χ2n) is 4.56. The van der Waals surface area contributed by atoms with Gasteiger partial charge in [-0.3, -0.25) is 4.79 Å². The minimum absolute atomic E-state index is 0.102. The van der Waals surface area contributed by atoms with Gasteiger partial charge in [-0.2, -0.15) is 15.4 Å². The molecular formula is C13H18N4O2. The van der Waals surface area contributed by atoms with E-state index in [1.165, 1.54) is 0 Å². The lowest BCUT2D eigenvalue weighted by molar-refractivity contribution is 0.0757. The number of benzene rings is 1. The predicted molar refractivity (Wildman–Crippen MR) is 71.9 cm³/mol. The monoisotopic (exact) mass is 262 g/mol. The van der Waals surface area contributed by atoms with Gasteiger partial charge >= 0.3 is 0 Å². The van der Waals surface area contributed by atoms with Crippen molar-refractivity contribution in [1.82, 2.24) is 20.7 Å². The van der Waals surface area contributed by atoms with Crippen LogP contribution < -0.4 is 5.32 Å². The molecule has 0 unspecified atom stereocenters. The number of carbonyl (C=O) groups is 1. The molecule has 0 bridgehead atoms. The maximum atomic E-state index is 11.9. The zero-order valence-corrected chi connectivity index (χ0v) is 11.1. The Kier molecular flexibility index (Phi) is 4.46. The molecule has 6 heteroatoms. The third-order valence-electron chi connectivity index (χ3n) is 2.64. The van der Waals surface area contributed by atoms with Crippen LogP contribution >= 0.6 is 0 Å². The number of nitrogens with zero attached hydrogens (tertiary/aromatic N) is 2. The topological polar surface area (TPSA) is 79.9 Å². The van der Waals surface area contributed by atoms with E-state index >= 15 is 0 Å². The van der Waals surface area contributed by atoms with Crippen LogP contribution in [0.3, 0.4) is 0 Å². The summed E-state index contributed by atoms with van der Waals surface area (Å²) in [5.41, 5.74) is 2.03. The largest absolute Gasteiger partial charge is 0.379 e. The van der Waals surface area contributed by atoms with Crippen molar-refractivity contribution in [2.75, 3.05) is 13.2 Å². The third-order valence-corrected chi connectivity index (χ3v) is 2.64. The van der Waals surface area contributed by atoms with Gasteiger partial charge in [0.15, 0.2) is 0 Å². The Balaban J connectivity index is 1.82. The maximum absolute atomic E-state index is 11.9. The van der Waals surface area contributed by atoms with Crippen molar-refractivity contribution in [3.05, 3.63) is 23.8 Å². The molecule has 2 N–H and O–H groups in total. The molecule has 2 rings (SSSR count). The Morgan fingerprint density at radius 1 is 1.37 bits per heavy atom. The van der Waals surface area contributed by atoms with Gasteiger partial charge < -0.3 is 10.1 Å². The molecule has 0 saturated carbocycles. The van der Waals surface area contributed by atoms with E-state index in [0.717, 1.165) is 11.9 Å². The number of fused-ring (bicyclic) bond motifs is 1. The number of rotatable bonds is 6. The second kappa shape index (κ2) is 6.29. The smallest absolute Gasteiger partial charge is 0.251 e. The van der Waals surface area contributed by atoms with Crippen LogP contribution in [0, 0.1) is 0 Å². The molecule has 0 fully saturated rings. The van der Waals surface area contributed by atoms with E-state index in [0.29, 0.717) is 24.2 Å². The fourth-order valence-corrected chi connectivity index (χ4v) is 1.68. The van der Waals surface area contributed by atoms with E-state index in [1.54, 1.807) is 18.2 Å². The van der Waals surface area contributed by atoms with Gasteiger partial charge in [0, 0.05) is 18.7 Å². The van der Waals surface area contributed by atoms with Gasteiger partial charge in [0.1, 0.15) is 11.0 Å². The summed E-state index contributed by atoms with van der Waals surface area (Å²) in [6.07, 6.45) is 1.03. The Morgan fingerprint density at radius 2 is 2.16 bits per heavy atom. The molecule has 0 radical (unpaired) electrons. The zero-order valence-electron chi connectivity index (χ0n) is 11.1. The summed E-state index contributed by atoms with van der Waals surface area (Å²) >= 11 is 0. The lowest BCUT2D eigenvalue weighted by Gasteiger charge is -2.08. The molecule has 1 aromatic heterocycles. The summed E-state index contributed by atoms with van der Waals surface area (Å²) in [5.74, 6) is -0.102. The normalized spacial score (nSPS) is 11.1. The number of hydrogen-bond acceptors (Lipinski definition) is 4. The molecule has 0 spiro atoms. The third kappa shape index (κ3) is 3.75. The number of carbonyl (C=O) groups excluding carboxylic acids is 1. The van der Waals surface area contributed by atoms with Gasteiger partial charge in [-0.25, -0.2) is 0 Å². The SMILES string of the molecule is CC(C)OCCCNC(=O)c1ccc2n[nH]nc2c1. The van der Waals surface area contributed by atoms with Gasteiger partial charge in [-0.15, -0.1) is 0 Å². The minimum atomic E-state index is -0.102. The van der Waals surface area contributed by atoms with Crippen molar-refractivity contribution in [1.29, 1.82) is 0 Å². The fourth-order valence-electron chi connectivity index (χ4n) is 1.68. The highest BCUT2D eigenvalue weighted by Gasteiger charge is 2.07. The van der Waals surface area contributed by atoms with Gasteiger partial charge in [-0.05, 0) is 38.5 Å². The highest BCUT2D eigenvalue weighted by Crippen LogP contribution is 2.10. The van der Waals surface area contributed by atoms with Crippen LogP contribution in [0.1, 0.15) is 30.6 Å². The van der Waals surface area contributed by atoms with Gasteiger partial charge in [0.25, 0.3) is 5.91 Å². The Morgan fingerprint density at radius 3 is 2.95 bits per heavy atom. The lowest BCUT2D eigenvalue weighted by Crippen LogP contribution is -2.25. The molecule has 0 saturated heterocycles. The van der Waals surface area contributed by atoms with E-state index in [1.807, 2.05) is 13.8 Å². The Bertz CT molecular complexity index is 550. The first kappa shape index (κ1) is 13.5. The summed E-state index contributed by atoms with van der Waals surface area (Å²) in [7, 11) is 0. The molecule has 19 heavy (non-hydrogen) atoms. The van der Waals surface area contributed by atoms with Crippen molar-refractivity contribution in [2.45, 2.75) is 26.4 Å². The first-order valence-corrected chi connectivity index (χ1v) is 6.37. The van der Waals surface area contributed by atoms with Crippen LogP contribution in [-0.4, -0.2) is 40.6 Å². The lowest BCUT2D eigenvalue weighted by atomic mass is 10.2. The summed E-state index contributed by atoms with van der Waals surface area (Å²) in [5, 5.41) is 13.3. The van der Waals surface area contributed by atoms with E-state index < -0.39 is 0 Å². The molecule has 0 aliphatic carbocycles. The molecule has 1 heterocycles. The van der Waals surface area contributed by atoms with Crippen LogP contribution in [0.2, 0.25) is 0 Å². The summed E-state index contributed by atoms with van der Waals surface area (Å²) in [4.78, 5) is 11.9. The molecule has 102 valence electrons. The number of nitrogens with one attached hydrogen (secondary N) is 2. The number of hydrogen-bond donors (Lipinski definition) is 2. The molecule has 2 aromatic rings. The molecular weight excluding hydrogens is 244 g/mol. The van der Waals surface area contributed by atoms with Crippen LogP contribution in [0.15, 0.2) is 18.2 Å². The van der Waals surface area contributed by atoms with Crippen molar-refractivity contribution < 1.29 is 9.53 Å². The second-order valence-corrected chi connectivity index (χ2v) is 4.56. The number of aromatic nitrogens is 3. The fraction of sp³-hybridized carbons (Fsp3) is 0.462. The summed E-state index contributed by atoms with van der Waals surface area (Å²) in [6.45, 7) is 5.24. The molecule has 0 aliphatic heterocycles. The molecule has 1 aromatic carbocycles. The van der Waals surface area contributed by atoms with Crippen LogP contribution in [0.4, 0.5) is 0 Å². The van der Waals surface area contributed by atoms with Gasteiger partial charge in [0.2, 0.25) is 0 Å². The average Bonchev–Trinajstić information content (AvgIpc) is 2.84. The van der Waals surface area contributed by atoms with Gasteiger partial charge in [0.05, 0.1) is 6.10 Å². The van der Waals surface area contributed by atoms with Crippen molar-refractivity contribution in [3.63, 3.8) is 0 Å². The average molecular weight is 262 g/mol. The standard InChI is InChI=1S/C13H18N4O2/c1-9(2)19-7-3-6-14-13(18)10-4-5-11-12(8-10)16-17-15-11/h4-5,8-9H,3,6-7H2,1-2H3,(H,14,18)(H,15,16,17). The predicted octanol–water partition coefficient (Wildman–Crippen LogP) is 1.50. The zero-order chi connectivity index (χ0) is 13.7. The quantitative estimate of drug-likeness (QED) is 0.773. The van der Waals surface area contributed by atoms with Crippen LogP contribution in [0.5, 0.6) is 0 Å². The Hall–Kier alpha value is -1.95. The van der Waals surface area contributed by atoms with Crippen LogP contribution in [-0.2, 0) is 4.74 Å². The summed E-state index contributed by atoms with van der Waals surface area (Å²) < 4.78 is 5.40. The van der Waals surface area contributed by atoms with E-state index in [2.05, 4.69) is 20.7 Å². The van der Waals surface area contributed by atoms with E-state index in [-0.39, 0.29) is 12.0 Å². The number of H-pyrrole nitrogens is 1. The van der Waals surface area contributed by atoms with E-state index in [9.17, 15) is 4.79 Å². The highest BCUT2D eigenvalue weighted by molar-refractivity contribution is 5.97. The maximum Gasteiger partial charge on any atom is 0.251 e. The highest BCUT2D eigenvalue weighted by atomic mass is 16.5. The first-order chi connectivity index (χ1) is 9.16. The number of amides is 1. The number of aromatic amines is 1.